The van der Waals surface area contributed by atoms with E-state index in [0.29, 0.717) is 11.7 Å². The largest absolute Gasteiger partial charge is 0.369 e. The van der Waals surface area contributed by atoms with Crippen molar-refractivity contribution < 1.29 is 9.26 Å². The minimum absolute atomic E-state index is 0.180. The maximum Gasteiger partial charge on any atom is 0.258 e. The Morgan fingerprint density at radius 3 is 2.73 bits per heavy atom. The maximum absolute atomic E-state index is 6.09. The Morgan fingerprint density at radius 2 is 2.20 bits per heavy atom. The molecule has 1 rings (SSSR count). The Hall–Kier alpha value is -0.610. The minimum atomic E-state index is -0.561. The van der Waals surface area contributed by atoms with E-state index in [0.717, 1.165) is 12.8 Å². The zero-order chi connectivity index (χ0) is 11.5. The van der Waals surface area contributed by atoms with Gasteiger partial charge < -0.3 is 9.26 Å². The molecule has 15 heavy (non-hydrogen) atoms. The molecule has 0 radical (unpaired) electrons. The number of rotatable bonds is 5. The Kier molecular flexibility index (Phi) is 4.11. The molecule has 0 aliphatic rings. The topological polar surface area (TPSA) is 48.2 Å². The summed E-state index contributed by atoms with van der Waals surface area (Å²) in [5.41, 5.74) is -0.561. The maximum atomic E-state index is 6.09. The SMILES string of the molecule is CCCC(Cl)c1noc(C(C)(C)OC)n1. The van der Waals surface area contributed by atoms with E-state index in [2.05, 4.69) is 17.1 Å². The van der Waals surface area contributed by atoms with Gasteiger partial charge in [-0.15, -0.1) is 11.6 Å². The monoisotopic (exact) mass is 232 g/mol. The molecule has 1 unspecified atom stereocenters. The second kappa shape index (κ2) is 4.94. The van der Waals surface area contributed by atoms with Crippen LogP contribution in [-0.4, -0.2) is 17.3 Å². The van der Waals surface area contributed by atoms with Crippen LogP contribution in [-0.2, 0) is 10.3 Å². The fourth-order valence-corrected chi connectivity index (χ4v) is 1.38. The summed E-state index contributed by atoms with van der Waals surface area (Å²) in [4.78, 5) is 4.24. The standard InChI is InChI=1S/C10H17ClN2O2/c1-5-6-7(11)8-12-9(15-13-8)10(2,3)14-4/h7H,5-6H2,1-4H3. The van der Waals surface area contributed by atoms with Gasteiger partial charge in [-0.25, -0.2) is 0 Å². The highest BCUT2D eigenvalue weighted by atomic mass is 35.5. The predicted octanol–water partition coefficient (Wildman–Crippen LogP) is 3.03. The number of hydrogen-bond acceptors (Lipinski definition) is 4. The quantitative estimate of drug-likeness (QED) is 0.733. The van der Waals surface area contributed by atoms with Gasteiger partial charge in [0.1, 0.15) is 5.60 Å². The minimum Gasteiger partial charge on any atom is -0.369 e. The third-order valence-corrected chi connectivity index (χ3v) is 2.70. The van der Waals surface area contributed by atoms with Crippen LogP contribution in [0.5, 0.6) is 0 Å². The van der Waals surface area contributed by atoms with Crippen LogP contribution < -0.4 is 0 Å². The zero-order valence-corrected chi connectivity index (χ0v) is 10.3. The number of methoxy groups -OCH3 is 1. The van der Waals surface area contributed by atoms with Gasteiger partial charge in [-0.3, -0.25) is 0 Å². The van der Waals surface area contributed by atoms with Gasteiger partial charge in [0.2, 0.25) is 0 Å². The van der Waals surface area contributed by atoms with E-state index in [1.807, 2.05) is 13.8 Å². The second-order valence-corrected chi connectivity index (χ2v) is 4.46. The van der Waals surface area contributed by atoms with Crippen LogP contribution in [0.4, 0.5) is 0 Å². The molecule has 86 valence electrons. The normalized spacial score (nSPS) is 14.2. The lowest BCUT2D eigenvalue weighted by atomic mass is 10.1. The summed E-state index contributed by atoms with van der Waals surface area (Å²) in [7, 11) is 1.61. The van der Waals surface area contributed by atoms with Crippen molar-refractivity contribution >= 4 is 11.6 Å². The third-order valence-electron chi connectivity index (χ3n) is 2.29. The molecule has 0 bridgehead atoms. The molecule has 5 heteroatoms. The Bertz CT molecular complexity index is 312. The molecule has 0 saturated heterocycles. The van der Waals surface area contributed by atoms with Gasteiger partial charge in [-0.1, -0.05) is 18.5 Å². The molecule has 0 N–H and O–H groups in total. The molecular formula is C10H17ClN2O2. The highest BCUT2D eigenvalue weighted by Gasteiger charge is 2.28. The number of hydrogen-bond donors (Lipinski definition) is 0. The van der Waals surface area contributed by atoms with Crippen molar-refractivity contribution in [2.24, 2.45) is 0 Å². The van der Waals surface area contributed by atoms with E-state index >= 15 is 0 Å². The van der Waals surface area contributed by atoms with Gasteiger partial charge in [-0.05, 0) is 20.3 Å². The van der Waals surface area contributed by atoms with Crippen molar-refractivity contribution in [3.63, 3.8) is 0 Å². The van der Waals surface area contributed by atoms with Gasteiger partial charge in [0.05, 0.1) is 5.38 Å². The Morgan fingerprint density at radius 1 is 1.53 bits per heavy atom. The molecule has 0 fully saturated rings. The number of alkyl halides is 1. The first kappa shape index (κ1) is 12.5. The summed E-state index contributed by atoms with van der Waals surface area (Å²) in [6.45, 7) is 5.80. The molecule has 0 aliphatic heterocycles. The molecule has 0 spiro atoms. The summed E-state index contributed by atoms with van der Waals surface area (Å²) < 4.78 is 10.4. The van der Waals surface area contributed by atoms with Crippen LogP contribution in [0.2, 0.25) is 0 Å². The predicted molar refractivity (Wildman–Crippen MR) is 57.8 cm³/mol. The van der Waals surface area contributed by atoms with Gasteiger partial charge in [0.15, 0.2) is 5.82 Å². The molecule has 0 aromatic carbocycles. The molecular weight excluding hydrogens is 216 g/mol. The molecule has 1 atom stereocenters. The summed E-state index contributed by atoms with van der Waals surface area (Å²) in [6.07, 6.45) is 1.83. The molecule has 0 aliphatic carbocycles. The molecule has 1 aromatic rings. The Balaban J connectivity index is 2.80. The van der Waals surface area contributed by atoms with Crippen molar-refractivity contribution in [1.29, 1.82) is 0 Å². The number of nitrogens with zero attached hydrogens (tertiary/aromatic N) is 2. The first-order valence-electron chi connectivity index (χ1n) is 5.04. The fourth-order valence-electron chi connectivity index (χ4n) is 1.08. The van der Waals surface area contributed by atoms with Crippen LogP contribution >= 0.6 is 11.6 Å². The van der Waals surface area contributed by atoms with Crippen molar-refractivity contribution in [2.45, 2.75) is 44.6 Å². The molecule has 1 heterocycles. The lowest BCUT2D eigenvalue weighted by Crippen LogP contribution is -2.19. The number of halogens is 1. The van der Waals surface area contributed by atoms with Crippen molar-refractivity contribution in [3.8, 4) is 0 Å². The van der Waals surface area contributed by atoms with Crippen molar-refractivity contribution in [3.05, 3.63) is 11.7 Å². The van der Waals surface area contributed by atoms with Gasteiger partial charge in [0, 0.05) is 7.11 Å². The number of ether oxygens (including phenoxy) is 1. The van der Waals surface area contributed by atoms with E-state index in [4.69, 9.17) is 20.9 Å². The van der Waals surface area contributed by atoms with Crippen molar-refractivity contribution in [1.82, 2.24) is 10.1 Å². The molecule has 1 aromatic heterocycles. The lowest BCUT2D eigenvalue weighted by molar-refractivity contribution is -0.00786. The smallest absolute Gasteiger partial charge is 0.258 e. The van der Waals surface area contributed by atoms with Crippen LogP contribution in [0.25, 0.3) is 0 Å². The van der Waals surface area contributed by atoms with Gasteiger partial charge in [-0.2, -0.15) is 4.98 Å². The van der Waals surface area contributed by atoms with Crippen LogP contribution in [0.3, 0.4) is 0 Å². The van der Waals surface area contributed by atoms with Crippen LogP contribution in [0, 0.1) is 0 Å². The highest BCUT2D eigenvalue weighted by Crippen LogP contribution is 2.27. The molecule has 0 amide bonds. The summed E-state index contributed by atoms with van der Waals surface area (Å²) in [5, 5.41) is 3.67. The van der Waals surface area contributed by atoms with E-state index in [-0.39, 0.29) is 5.38 Å². The van der Waals surface area contributed by atoms with E-state index in [9.17, 15) is 0 Å². The summed E-state index contributed by atoms with van der Waals surface area (Å²) in [6, 6.07) is 0. The number of aromatic nitrogens is 2. The fraction of sp³-hybridized carbons (Fsp3) is 0.800. The first-order valence-corrected chi connectivity index (χ1v) is 5.48. The highest BCUT2D eigenvalue weighted by molar-refractivity contribution is 6.20. The second-order valence-electron chi connectivity index (χ2n) is 3.93. The Labute approximate surface area is 95.0 Å². The lowest BCUT2D eigenvalue weighted by Gasteiger charge is -2.16. The zero-order valence-electron chi connectivity index (χ0n) is 9.58. The van der Waals surface area contributed by atoms with Gasteiger partial charge >= 0.3 is 0 Å². The summed E-state index contributed by atoms with van der Waals surface area (Å²) >= 11 is 6.09. The van der Waals surface area contributed by atoms with Crippen LogP contribution in [0.15, 0.2) is 4.52 Å². The van der Waals surface area contributed by atoms with Crippen molar-refractivity contribution in [2.75, 3.05) is 7.11 Å². The molecule has 0 saturated carbocycles. The van der Waals surface area contributed by atoms with Crippen LogP contribution in [0.1, 0.15) is 50.7 Å². The first-order chi connectivity index (χ1) is 7.01. The third kappa shape index (κ3) is 2.92. The van der Waals surface area contributed by atoms with E-state index < -0.39 is 5.60 Å². The summed E-state index contributed by atoms with van der Waals surface area (Å²) in [5.74, 6) is 1.00. The van der Waals surface area contributed by atoms with E-state index in [1.54, 1.807) is 7.11 Å². The molecule has 4 nitrogen and oxygen atoms in total. The van der Waals surface area contributed by atoms with E-state index in [1.165, 1.54) is 0 Å². The average molecular weight is 233 g/mol. The average Bonchev–Trinajstić information content (AvgIpc) is 2.67. The van der Waals surface area contributed by atoms with Gasteiger partial charge in [0.25, 0.3) is 5.89 Å².